The van der Waals surface area contributed by atoms with E-state index in [9.17, 15) is 19.2 Å². The number of para-hydroxylation sites is 1. The van der Waals surface area contributed by atoms with Gasteiger partial charge in [-0.15, -0.1) is 23.7 Å². The molecule has 2 atom stereocenters. The quantitative estimate of drug-likeness (QED) is 0.0983. The minimum Gasteiger partial charge on any atom is -0.478 e. The van der Waals surface area contributed by atoms with Crippen molar-refractivity contribution in [3.8, 4) is 0 Å². The van der Waals surface area contributed by atoms with Gasteiger partial charge in [-0.05, 0) is 77.7 Å². The molecule has 4 aliphatic rings. The van der Waals surface area contributed by atoms with Crippen LogP contribution in [0.5, 0.6) is 0 Å². The third kappa shape index (κ3) is 10.4. The average molecular weight is 882 g/mol. The number of anilines is 2. The highest BCUT2D eigenvalue weighted by Crippen LogP contribution is 2.27. The van der Waals surface area contributed by atoms with Crippen LogP contribution in [0.4, 0.5) is 21.2 Å². The van der Waals surface area contributed by atoms with Crippen LogP contribution in [0.25, 0.3) is 21.0 Å². The summed E-state index contributed by atoms with van der Waals surface area (Å²) in [6.45, 7) is 6.81. The molecule has 0 unspecified atom stereocenters. The number of carboxylic acid groups (broad SMARTS) is 1. The first-order chi connectivity index (χ1) is 29.8. The highest BCUT2D eigenvalue weighted by atomic mass is 35.5. The number of likely N-dealkylation sites (tertiary alicyclic amines) is 1. The summed E-state index contributed by atoms with van der Waals surface area (Å²) in [4.78, 5) is 63.4. The fourth-order valence-corrected chi connectivity index (χ4v) is 8.77. The van der Waals surface area contributed by atoms with Gasteiger partial charge >= 0.3 is 18.2 Å². The Morgan fingerprint density at radius 2 is 1.42 bits per heavy atom. The molecular weight excluding hydrogens is 834 g/mol. The average Bonchev–Trinajstić information content (AvgIpc) is 4.16. The largest absolute Gasteiger partial charge is 0.478 e. The van der Waals surface area contributed by atoms with Gasteiger partial charge in [0.2, 0.25) is 0 Å². The number of rotatable bonds is 10. The number of aromatic carboxylic acids is 1. The standard InChI is InChI=1S/C22H22N4O3S.C15H13N3O2.C7H12N2O2.ClH/c27-21(25-8-7-17(13-25)26-9-10-29-22(26)28)15-5-6-20(23-11-15)24-12-16-14-30-19-4-2-1-3-18(16)19;19-15(20)10-5-6-14(17-7-10)18-9-11-8-16-13-4-2-1-3-12(11)13;10-7-9(3-4-11-7)6-1-2-8-5-6;/h1-6,11,14,17H,7-10,12-13H2,(H,23,24);1-8,16H,9H2,(H,17,18)(H,19,20);6,8H,1-5H2;1H/t17-;;6-;/m0.0./s1. The molecule has 6 aromatic rings. The van der Waals surface area contributed by atoms with Crippen LogP contribution in [0.2, 0.25) is 0 Å². The van der Waals surface area contributed by atoms with Crippen molar-refractivity contribution < 1.29 is 33.8 Å². The maximum absolute atomic E-state index is 12.8. The van der Waals surface area contributed by atoms with Crippen molar-refractivity contribution in [1.82, 2.24) is 35.0 Å². The van der Waals surface area contributed by atoms with Crippen LogP contribution in [0.1, 0.15) is 44.7 Å². The number of carbonyl (C=O) groups excluding carboxylic acids is 3. The fraction of sp³-hybridized carbons (Fsp3) is 0.318. The van der Waals surface area contributed by atoms with E-state index in [-0.39, 0.29) is 42.1 Å². The van der Waals surface area contributed by atoms with Crippen molar-refractivity contribution >= 4 is 80.4 Å². The molecule has 10 rings (SSSR count). The summed E-state index contributed by atoms with van der Waals surface area (Å²) >= 11 is 1.74. The molecule has 8 heterocycles. The van der Waals surface area contributed by atoms with E-state index in [0.29, 0.717) is 63.4 Å². The Morgan fingerprint density at radius 3 is 2.05 bits per heavy atom. The number of nitrogens with zero attached hydrogens (tertiary/aromatic N) is 5. The number of ether oxygens (including phenoxy) is 2. The summed E-state index contributed by atoms with van der Waals surface area (Å²) in [6.07, 6.45) is 6.36. The lowest BCUT2D eigenvalue weighted by molar-refractivity contribution is 0.0695. The molecule has 0 spiro atoms. The Labute approximate surface area is 368 Å². The zero-order valence-corrected chi connectivity index (χ0v) is 35.5. The van der Waals surface area contributed by atoms with Crippen molar-refractivity contribution in [1.29, 1.82) is 0 Å². The number of aromatic nitrogens is 3. The molecule has 0 saturated carbocycles. The summed E-state index contributed by atoms with van der Waals surface area (Å²) in [7, 11) is 0. The van der Waals surface area contributed by atoms with Crippen LogP contribution in [-0.2, 0) is 22.6 Å². The molecular formula is C44H48ClN9O7S. The van der Waals surface area contributed by atoms with Gasteiger partial charge in [-0.25, -0.2) is 24.4 Å². The van der Waals surface area contributed by atoms with E-state index in [4.69, 9.17) is 14.6 Å². The maximum Gasteiger partial charge on any atom is 0.410 e. The number of cyclic esters (lactones) is 2. The topological polar surface area (TPSA) is 194 Å². The molecule has 16 nitrogen and oxygen atoms in total. The third-order valence-corrected chi connectivity index (χ3v) is 12.1. The summed E-state index contributed by atoms with van der Waals surface area (Å²) in [5, 5.41) is 23.1. The smallest absolute Gasteiger partial charge is 0.410 e. The number of carboxylic acids is 1. The number of thiophene rings is 1. The van der Waals surface area contributed by atoms with Gasteiger partial charge in [0.05, 0.1) is 30.3 Å². The lowest BCUT2D eigenvalue weighted by Gasteiger charge is -2.21. The Morgan fingerprint density at radius 1 is 0.774 bits per heavy atom. The second-order valence-electron chi connectivity index (χ2n) is 14.9. The highest BCUT2D eigenvalue weighted by Gasteiger charge is 2.36. The Bertz CT molecular complexity index is 2480. The van der Waals surface area contributed by atoms with Crippen molar-refractivity contribution in [2.45, 2.75) is 38.0 Å². The number of pyridine rings is 2. The van der Waals surface area contributed by atoms with Crippen molar-refractivity contribution in [3.05, 3.63) is 119 Å². The number of nitrogens with one attached hydrogen (secondary N) is 4. The van der Waals surface area contributed by atoms with E-state index in [2.05, 4.69) is 54.5 Å². The first kappa shape index (κ1) is 43.7. The first-order valence-electron chi connectivity index (χ1n) is 20.3. The number of H-pyrrole nitrogens is 1. The number of halogens is 1. The fourth-order valence-electron chi connectivity index (χ4n) is 7.81. The minimum absolute atomic E-state index is 0. The van der Waals surface area contributed by atoms with Gasteiger partial charge < -0.3 is 45.3 Å². The summed E-state index contributed by atoms with van der Waals surface area (Å²) < 4.78 is 11.1. The molecule has 4 saturated heterocycles. The van der Waals surface area contributed by atoms with E-state index in [1.807, 2.05) is 47.5 Å². The molecule has 3 amide bonds. The number of benzene rings is 2. The van der Waals surface area contributed by atoms with Crippen LogP contribution in [0.15, 0.2) is 96.8 Å². The Hall–Kier alpha value is -6.43. The SMILES string of the molecule is Cl.O=C(O)c1ccc(NCc2c[nH]c3ccccc23)nc1.O=C(c1ccc(NCc2csc3ccccc23)nc1)N1CC[C@H](N2CCOC2=O)C1.O=C1OCCN1[C@H]1CCNC1. The molecule has 18 heteroatoms. The Kier molecular flexibility index (Phi) is 14.4. The predicted octanol–water partition coefficient (Wildman–Crippen LogP) is 6.67. The molecule has 2 aromatic carbocycles. The predicted molar refractivity (Wildman–Crippen MR) is 239 cm³/mol. The van der Waals surface area contributed by atoms with Crippen molar-refractivity contribution in [2.24, 2.45) is 0 Å². The number of aromatic amines is 1. The second kappa shape index (κ2) is 20.4. The second-order valence-corrected chi connectivity index (χ2v) is 15.9. The minimum atomic E-state index is -0.972. The first-order valence-corrected chi connectivity index (χ1v) is 21.2. The lowest BCUT2D eigenvalue weighted by Crippen LogP contribution is -2.39. The molecule has 0 bridgehead atoms. The summed E-state index contributed by atoms with van der Waals surface area (Å²) in [5.41, 5.74) is 4.22. The molecule has 5 N–H and O–H groups in total. The normalized spacial score (nSPS) is 18.0. The van der Waals surface area contributed by atoms with Crippen LogP contribution in [0.3, 0.4) is 0 Å². The molecule has 324 valence electrons. The zero-order chi connectivity index (χ0) is 42.1. The van der Waals surface area contributed by atoms with Crippen LogP contribution in [-0.4, -0.2) is 123 Å². The zero-order valence-electron chi connectivity index (χ0n) is 33.8. The van der Waals surface area contributed by atoms with Crippen molar-refractivity contribution in [3.63, 3.8) is 0 Å². The maximum atomic E-state index is 12.8. The Balaban J connectivity index is 0.000000155. The molecule has 4 aromatic heterocycles. The van der Waals surface area contributed by atoms with E-state index < -0.39 is 5.97 Å². The van der Waals surface area contributed by atoms with E-state index in [1.54, 1.807) is 39.5 Å². The van der Waals surface area contributed by atoms with Gasteiger partial charge in [-0.3, -0.25) is 9.69 Å². The van der Waals surface area contributed by atoms with Crippen molar-refractivity contribution in [2.75, 3.05) is 63.1 Å². The van der Waals surface area contributed by atoms with Crippen LogP contribution in [0, 0.1) is 0 Å². The number of hydrogen-bond donors (Lipinski definition) is 5. The molecule has 0 aliphatic carbocycles. The number of amides is 3. The molecule has 4 fully saturated rings. The monoisotopic (exact) mass is 881 g/mol. The van der Waals surface area contributed by atoms with E-state index in [0.717, 1.165) is 49.4 Å². The van der Waals surface area contributed by atoms with Gasteiger partial charge in [-0.2, -0.15) is 0 Å². The third-order valence-electron chi connectivity index (χ3n) is 11.1. The van der Waals surface area contributed by atoms with Gasteiger partial charge in [0, 0.05) is 73.0 Å². The van der Waals surface area contributed by atoms with Gasteiger partial charge in [0.1, 0.15) is 24.8 Å². The number of fused-ring (bicyclic) bond motifs is 2. The van der Waals surface area contributed by atoms with Gasteiger partial charge in [0.25, 0.3) is 5.91 Å². The summed E-state index contributed by atoms with van der Waals surface area (Å²) in [6, 6.07) is 23.7. The lowest BCUT2D eigenvalue weighted by atomic mass is 10.2. The van der Waals surface area contributed by atoms with Gasteiger partial charge in [-0.1, -0.05) is 36.4 Å². The number of hydrogen-bond acceptors (Lipinski definition) is 12. The van der Waals surface area contributed by atoms with Crippen LogP contribution < -0.4 is 16.0 Å². The van der Waals surface area contributed by atoms with Gasteiger partial charge in [0.15, 0.2) is 0 Å². The molecule has 0 radical (unpaired) electrons. The van der Waals surface area contributed by atoms with Crippen LogP contribution >= 0.6 is 23.7 Å². The highest BCUT2D eigenvalue weighted by molar-refractivity contribution is 7.17. The molecule has 62 heavy (non-hydrogen) atoms. The molecule has 4 aliphatic heterocycles. The van der Waals surface area contributed by atoms with E-state index >= 15 is 0 Å². The van der Waals surface area contributed by atoms with E-state index in [1.165, 1.54) is 33.3 Å². The summed E-state index contributed by atoms with van der Waals surface area (Å²) in [5.74, 6) is 0.370. The number of carbonyl (C=O) groups is 4.